The first-order valence-electron chi connectivity index (χ1n) is 6.09. The molecule has 0 atom stereocenters. The smallest absolute Gasteiger partial charge is 0.244 e. The van der Waals surface area contributed by atoms with Gasteiger partial charge in [0.2, 0.25) is 10.0 Å². The first kappa shape index (κ1) is 16.5. The molecule has 4 nitrogen and oxygen atoms in total. The van der Waals surface area contributed by atoms with E-state index < -0.39 is 10.0 Å². The van der Waals surface area contributed by atoms with Crippen LogP contribution < -0.4 is 10.5 Å². The molecule has 21 heavy (non-hydrogen) atoms. The number of rotatable bonds is 4. The standard InChI is InChI=1S/C14H14Br2N2O2S/c1-9-2-4-10(5-3-9)8-18-21(19,20)14-12(16)6-11(15)7-13(14)17/h2-7,18H,8,17H2,1H3. The van der Waals surface area contributed by atoms with Crippen LogP contribution in [0.15, 0.2) is 50.2 Å². The Balaban J connectivity index is 2.25. The Hall–Kier alpha value is -0.890. The number of aryl methyl sites for hydroxylation is 1. The molecule has 0 aliphatic rings. The monoisotopic (exact) mass is 432 g/mol. The second-order valence-electron chi connectivity index (χ2n) is 4.62. The van der Waals surface area contributed by atoms with Gasteiger partial charge in [-0.1, -0.05) is 45.8 Å². The summed E-state index contributed by atoms with van der Waals surface area (Å²) >= 11 is 6.51. The Morgan fingerprint density at radius 3 is 2.33 bits per heavy atom. The summed E-state index contributed by atoms with van der Waals surface area (Å²) in [7, 11) is -3.69. The average molecular weight is 434 g/mol. The van der Waals surface area contributed by atoms with Crippen molar-refractivity contribution < 1.29 is 8.42 Å². The molecule has 0 aliphatic carbocycles. The lowest BCUT2D eigenvalue weighted by Gasteiger charge is -2.11. The highest BCUT2D eigenvalue weighted by Gasteiger charge is 2.21. The first-order chi connectivity index (χ1) is 9.79. The van der Waals surface area contributed by atoms with Gasteiger partial charge < -0.3 is 5.73 Å². The van der Waals surface area contributed by atoms with Crippen LogP contribution in [0.5, 0.6) is 0 Å². The highest BCUT2D eigenvalue weighted by Crippen LogP contribution is 2.31. The van der Waals surface area contributed by atoms with Crippen molar-refractivity contribution in [3.8, 4) is 0 Å². The van der Waals surface area contributed by atoms with Gasteiger partial charge in [0.25, 0.3) is 0 Å². The lowest BCUT2D eigenvalue weighted by atomic mass is 10.2. The fourth-order valence-corrected chi connectivity index (χ4v) is 4.90. The number of nitrogens with two attached hydrogens (primary N) is 1. The van der Waals surface area contributed by atoms with Crippen LogP contribution in [0.4, 0.5) is 5.69 Å². The molecule has 0 fully saturated rings. The summed E-state index contributed by atoms with van der Waals surface area (Å²) in [6.45, 7) is 2.19. The fraction of sp³-hybridized carbons (Fsp3) is 0.143. The van der Waals surface area contributed by atoms with Gasteiger partial charge in [-0.15, -0.1) is 0 Å². The summed E-state index contributed by atoms with van der Waals surface area (Å²) in [5.41, 5.74) is 8.02. The molecular weight excluding hydrogens is 420 g/mol. The van der Waals surface area contributed by atoms with E-state index in [0.717, 1.165) is 11.1 Å². The van der Waals surface area contributed by atoms with E-state index in [9.17, 15) is 8.42 Å². The zero-order valence-electron chi connectivity index (χ0n) is 11.2. The highest BCUT2D eigenvalue weighted by atomic mass is 79.9. The summed E-state index contributed by atoms with van der Waals surface area (Å²) in [5, 5.41) is 0. The second-order valence-corrected chi connectivity index (χ2v) is 8.09. The molecular formula is C14H14Br2N2O2S. The van der Waals surface area contributed by atoms with E-state index in [2.05, 4.69) is 36.6 Å². The summed E-state index contributed by atoms with van der Waals surface area (Å²) < 4.78 is 28.5. The predicted molar refractivity (Wildman–Crippen MR) is 91.5 cm³/mol. The molecule has 0 aliphatic heterocycles. The summed E-state index contributed by atoms with van der Waals surface area (Å²) in [6.07, 6.45) is 0. The molecule has 0 saturated heterocycles. The van der Waals surface area contributed by atoms with E-state index in [4.69, 9.17) is 5.73 Å². The number of sulfonamides is 1. The van der Waals surface area contributed by atoms with Crippen LogP contribution in [-0.4, -0.2) is 8.42 Å². The predicted octanol–water partition coefficient (Wildman–Crippen LogP) is 3.58. The molecule has 0 aromatic heterocycles. The van der Waals surface area contributed by atoms with Crippen molar-refractivity contribution in [1.29, 1.82) is 0 Å². The van der Waals surface area contributed by atoms with E-state index in [1.165, 1.54) is 0 Å². The minimum absolute atomic E-state index is 0.0535. The van der Waals surface area contributed by atoms with Crippen LogP contribution >= 0.6 is 31.9 Å². The van der Waals surface area contributed by atoms with Crippen molar-refractivity contribution in [1.82, 2.24) is 4.72 Å². The third-order valence-electron chi connectivity index (χ3n) is 2.89. The van der Waals surface area contributed by atoms with Crippen LogP contribution in [0.3, 0.4) is 0 Å². The lowest BCUT2D eigenvalue weighted by Crippen LogP contribution is -2.24. The van der Waals surface area contributed by atoms with Gasteiger partial charge in [0.05, 0.1) is 5.69 Å². The van der Waals surface area contributed by atoms with Crippen LogP contribution in [0, 0.1) is 6.92 Å². The number of anilines is 1. The minimum Gasteiger partial charge on any atom is -0.398 e. The number of hydrogen-bond acceptors (Lipinski definition) is 3. The second kappa shape index (κ2) is 6.48. The minimum atomic E-state index is -3.69. The molecule has 7 heteroatoms. The van der Waals surface area contributed by atoms with Crippen molar-refractivity contribution >= 4 is 47.6 Å². The van der Waals surface area contributed by atoms with E-state index in [0.29, 0.717) is 8.95 Å². The molecule has 0 bridgehead atoms. The van der Waals surface area contributed by atoms with Gasteiger partial charge in [0.1, 0.15) is 4.90 Å². The SMILES string of the molecule is Cc1ccc(CNS(=O)(=O)c2c(N)cc(Br)cc2Br)cc1. The van der Waals surface area contributed by atoms with Crippen molar-refractivity contribution in [2.75, 3.05) is 5.73 Å². The number of hydrogen-bond donors (Lipinski definition) is 2. The summed E-state index contributed by atoms with van der Waals surface area (Å²) in [6, 6.07) is 10.9. The van der Waals surface area contributed by atoms with Gasteiger partial charge in [0, 0.05) is 15.5 Å². The van der Waals surface area contributed by atoms with Crippen LogP contribution in [0.25, 0.3) is 0 Å². The Labute approximate surface area is 141 Å². The molecule has 112 valence electrons. The number of nitrogen functional groups attached to an aromatic ring is 1. The van der Waals surface area contributed by atoms with Crippen molar-refractivity contribution in [2.45, 2.75) is 18.4 Å². The van der Waals surface area contributed by atoms with Gasteiger partial charge in [-0.05, 0) is 40.5 Å². The first-order valence-corrected chi connectivity index (χ1v) is 9.16. The van der Waals surface area contributed by atoms with Gasteiger partial charge in [-0.3, -0.25) is 0 Å². The lowest BCUT2D eigenvalue weighted by molar-refractivity contribution is 0.581. The third kappa shape index (κ3) is 4.06. The van der Waals surface area contributed by atoms with Crippen LogP contribution in [-0.2, 0) is 16.6 Å². The molecule has 0 radical (unpaired) electrons. The number of nitrogens with one attached hydrogen (secondary N) is 1. The maximum atomic E-state index is 12.4. The zero-order chi connectivity index (χ0) is 15.6. The Bertz CT molecular complexity index is 736. The molecule has 2 aromatic carbocycles. The Kier molecular flexibility index (Phi) is 5.08. The summed E-state index contributed by atoms with van der Waals surface area (Å²) in [4.78, 5) is 0.0535. The van der Waals surface area contributed by atoms with Crippen molar-refractivity contribution in [3.63, 3.8) is 0 Å². The van der Waals surface area contributed by atoms with E-state index in [1.807, 2.05) is 31.2 Å². The Morgan fingerprint density at radius 2 is 1.76 bits per heavy atom. The molecule has 2 aromatic rings. The highest BCUT2D eigenvalue weighted by molar-refractivity contribution is 9.11. The van der Waals surface area contributed by atoms with E-state index in [-0.39, 0.29) is 17.1 Å². The maximum absolute atomic E-state index is 12.4. The van der Waals surface area contributed by atoms with Crippen molar-refractivity contribution in [3.05, 3.63) is 56.5 Å². The third-order valence-corrected chi connectivity index (χ3v) is 5.76. The van der Waals surface area contributed by atoms with Crippen molar-refractivity contribution in [2.24, 2.45) is 0 Å². The van der Waals surface area contributed by atoms with Gasteiger partial charge >= 0.3 is 0 Å². The topological polar surface area (TPSA) is 72.2 Å². The zero-order valence-corrected chi connectivity index (χ0v) is 15.2. The van der Waals surface area contributed by atoms with Crippen LogP contribution in [0.1, 0.15) is 11.1 Å². The average Bonchev–Trinajstić information content (AvgIpc) is 2.36. The quantitative estimate of drug-likeness (QED) is 0.723. The van der Waals surface area contributed by atoms with Crippen LogP contribution in [0.2, 0.25) is 0 Å². The molecule has 0 unspecified atom stereocenters. The molecule has 0 saturated carbocycles. The largest absolute Gasteiger partial charge is 0.398 e. The molecule has 3 N–H and O–H groups in total. The molecule has 0 spiro atoms. The van der Waals surface area contributed by atoms with Gasteiger partial charge in [-0.25, -0.2) is 13.1 Å². The number of benzene rings is 2. The fourth-order valence-electron chi connectivity index (χ4n) is 1.82. The van der Waals surface area contributed by atoms with E-state index in [1.54, 1.807) is 12.1 Å². The normalized spacial score (nSPS) is 11.6. The number of halogens is 2. The van der Waals surface area contributed by atoms with Gasteiger partial charge in [-0.2, -0.15) is 0 Å². The molecule has 0 heterocycles. The molecule has 0 amide bonds. The molecule has 2 rings (SSSR count). The summed E-state index contributed by atoms with van der Waals surface area (Å²) in [5.74, 6) is 0. The van der Waals surface area contributed by atoms with E-state index >= 15 is 0 Å². The maximum Gasteiger partial charge on any atom is 0.244 e. The van der Waals surface area contributed by atoms with Gasteiger partial charge in [0.15, 0.2) is 0 Å². The Morgan fingerprint density at radius 1 is 1.14 bits per heavy atom.